The molecular weight excluding hydrogens is 288 g/mol. The van der Waals surface area contributed by atoms with E-state index in [4.69, 9.17) is 4.74 Å². The molecule has 0 aliphatic heterocycles. The highest BCUT2D eigenvalue weighted by Gasteiger charge is 2.04. The Morgan fingerprint density at radius 2 is 1.61 bits per heavy atom. The van der Waals surface area contributed by atoms with Crippen LogP contribution in [0.4, 0.5) is 0 Å². The highest BCUT2D eigenvalue weighted by atomic mass is 16.5. The van der Waals surface area contributed by atoms with Gasteiger partial charge in [0.1, 0.15) is 0 Å². The molecule has 23 heavy (non-hydrogen) atoms. The zero-order valence-electron chi connectivity index (χ0n) is 15.6. The summed E-state index contributed by atoms with van der Waals surface area (Å²) >= 11 is 0. The average molecular weight is 327 g/mol. The number of hydrogen-bond acceptors (Lipinski definition) is 3. The van der Waals surface area contributed by atoms with Crippen LogP contribution in [-0.4, -0.2) is 26.3 Å². The molecule has 0 bridgehead atoms. The van der Waals surface area contributed by atoms with E-state index in [0.29, 0.717) is 12.5 Å². The zero-order chi connectivity index (χ0) is 17.2. The minimum absolute atomic E-state index is 0.0877. The Labute approximate surface area is 143 Å². The summed E-state index contributed by atoms with van der Waals surface area (Å²) in [5.41, 5.74) is 0. The Kier molecular flexibility index (Phi) is 16.9. The molecule has 0 unspecified atom stereocenters. The first-order chi connectivity index (χ1) is 11.2. The van der Waals surface area contributed by atoms with Gasteiger partial charge in [0, 0.05) is 13.5 Å². The van der Waals surface area contributed by atoms with Crippen LogP contribution in [0.25, 0.3) is 0 Å². The van der Waals surface area contributed by atoms with E-state index in [9.17, 15) is 4.79 Å². The van der Waals surface area contributed by atoms with Crippen molar-refractivity contribution >= 4 is 5.97 Å². The average Bonchev–Trinajstić information content (AvgIpc) is 2.57. The second-order valence-corrected chi connectivity index (χ2v) is 6.30. The zero-order valence-corrected chi connectivity index (χ0v) is 15.6. The summed E-state index contributed by atoms with van der Waals surface area (Å²) < 4.78 is 10.2. The van der Waals surface area contributed by atoms with E-state index < -0.39 is 0 Å². The molecule has 0 radical (unpaired) electrons. The molecule has 0 fully saturated rings. The Morgan fingerprint density at radius 3 is 2.30 bits per heavy atom. The van der Waals surface area contributed by atoms with E-state index in [1.54, 1.807) is 0 Å². The predicted octanol–water partition coefficient (Wildman–Crippen LogP) is 5.82. The molecule has 0 amide bonds. The van der Waals surface area contributed by atoms with Gasteiger partial charge in [0.05, 0.1) is 13.2 Å². The fraction of sp³-hybridized carbons (Fsp3) is 0.850. The minimum Gasteiger partial charge on any atom is -0.469 e. The number of carbonyl (C=O) groups excluding carboxylic acids is 1. The Bertz CT molecular complexity index is 287. The monoisotopic (exact) mass is 326 g/mol. The lowest BCUT2D eigenvalue weighted by atomic mass is 10.1. The van der Waals surface area contributed by atoms with Gasteiger partial charge in [0.15, 0.2) is 0 Å². The van der Waals surface area contributed by atoms with Gasteiger partial charge < -0.3 is 9.47 Å². The highest BCUT2D eigenvalue weighted by Crippen LogP contribution is 2.12. The van der Waals surface area contributed by atoms with Crippen molar-refractivity contribution in [3.05, 3.63) is 12.2 Å². The molecule has 3 nitrogen and oxygen atoms in total. The molecule has 0 aliphatic carbocycles. The number of hydrogen-bond donors (Lipinski definition) is 0. The number of methoxy groups -OCH3 is 2. The Hall–Kier alpha value is -0.830. The molecule has 0 spiro atoms. The van der Waals surface area contributed by atoms with Gasteiger partial charge in [-0.15, -0.1) is 0 Å². The van der Waals surface area contributed by atoms with E-state index in [-0.39, 0.29) is 5.97 Å². The van der Waals surface area contributed by atoms with Crippen LogP contribution in [0.1, 0.15) is 90.4 Å². The van der Waals surface area contributed by atoms with Gasteiger partial charge in [-0.25, -0.2) is 0 Å². The van der Waals surface area contributed by atoms with Crippen LogP contribution in [0.5, 0.6) is 0 Å². The largest absolute Gasteiger partial charge is 0.469 e. The molecule has 0 rings (SSSR count). The first-order valence-corrected chi connectivity index (χ1v) is 9.49. The van der Waals surface area contributed by atoms with Crippen LogP contribution < -0.4 is 0 Å². The molecule has 136 valence electrons. The van der Waals surface area contributed by atoms with Crippen molar-refractivity contribution in [1.82, 2.24) is 0 Å². The highest BCUT2D eigenvalue weighted by molar-refractivity contribution is 5.68. The summed E-state index contributed by atoms with van der Waals surface area (Å²) in [4.78, 5) is 11.0. The SMILES string of the molecule is CCCCCC[C@H](C/C=C/CCCCCCCC(=O)OC)OC. The minimum atomic E-state index is -0.0877. The lowest BCUT2D eigenvalue weighted by Gasteiger charge is -2.12. The molecule has 0 aromatic heterocycles. The number of esters is 1. The third kappa shape index (κ3) is 15.8. The molecule has 0 aromatic rings. The maximum atomic E-state index is 11.0. The van der Waals surface area contributed by atoms with Crippen molar-refractivity contribution in [2.75, 3.05) is 14.2 Å². The predicted molar refractivity (Wildman–Crippen MR) is 97.6 cm³/mol. The van der Waals surface area contributed by atoms with Crippen molar-refractivity contribution in [3.63, 3.8) is 0 Å². The first-order valence-electron chi connectivity index (χ1n) is 9.49. The van der Waals surface area contributed by atoms with Crippen molar-refractivity contribution in [2.45, 2.75) is 96.5 Å². The molecular formula is C20H38O3. The fourth-order valence-electron chi connectivity index (χ4n) is 2.66. The normalized spacial score (nSPS) is 12.7. The quantitative estimate of drug-likeness (QED) is 0.204. The Balaban J connectivity index is 3.42. The molecule has 1 atom stereocenters. The summed E-state index contributed by atoms with van der Waals surface area (Å²) in [5.74, 6) is -0.0877. The summed E-state index contributed by atoms with van der Waals surface area (Å²) in [6.45, 7) is 2.25. The molecule has 0 aliphatic rings. The second kappa shape index (κ2) is 17.5. The fourth-order valence-corrected chi connectivity index (χ4v) is 2.66. The van der Waals surface area contributed by atoms with Crippen molar-refractivity contribution in [2.24, 2.45) is 0 Å². The van der Waals surface area contributed by atoms with Gasteiger partial charge in [-0.2, -0.15) is 0 Å². The number of unbranched alkanes of at least 4 members (excludes halogenated alkanes) is 8. The van der Waals surface area contributed by atoms with E-state index in [0.717, 1.165) is 25.7 Å². The third-order valence-electron chi connectivity index (χ3n) is 4.26. The van der Waals surface area contributed by atoms with Crippen LogP contribution >= 0.6 is 0 Å². The summed E-state index contributed by atoms with van der Waals surface area (Å²) in [6, 6.07) is 0. The van der Waals surface area contributed by atoms with Gasteiger partial charge in [0.2, 0.25) is 0 Å². The van der Waals surface area contributed by atoms with Crippen molar-refractivity contribution in [3.8, 4) is 0 Å². The molecule has 0 saturated carbocycles. The van der Waals surface area contributed by atoms with E-state index in [1.165, 1.54) is 58.5 Å². The van der Waals surface area contributed by atoms with Crippen LogP contribution in [0, 0.1) is 0 Å². The van der Waals surface area contributed by atoms with Crippen LogP contribution in [0.15, 0.2) is 12.2 Å². The van der Waals surface area contributed by atoms with Gasteiger partial charge in [0.25, 0.3) is 0 Å². The standard InChI is InChI=1S/C20H38O3/c1-4-5-6-13-16-19(22-2)17-14-11-9-7-8-10-12-15-18-20(21)23-3/h11,14,19H,4-10,12-13,15-18H2,1-3H3/b14-11+/t19-/m1/s1. The van der Waals surface area contributed by atoms with E-state index >= 15 is 0 Å². The lowest BCUT2D eigenvalue weighted by Crippen LogP contribution is -2.08. The first kappa shape index (κ1) is 22.2. The topological polar surface area (TPSA) is 35.5 Å². The van der Waals surface area contributed by atoms with Gasteiger partial charge in [-0.05, 0) is 32.1 Å². The molecule has 0 heterocycles. The lowest BCUT2D eigenvalue weighted by molar-refractivity contribution is -0.140. The molecule has 0 aromatic carbocycles. The van der Waals surface area contributed by atoms with Crippen LogP contribution in [0.2, 0.25) is 0 Å². The smallest absolute Gasteiger partial charge is 0.305 e. The summed E-state index contributed by atoms with van der Waals surface area (Å²) in [7, 11) is 3.28. The number of rotatable bonds is 16. The van der Waals surface area contributed by atoms with Crippen molar-refractivity contribution in [1.29, 1.82) is 0 Å². The molecule has 3 heteroatoms. The number of allylic oxidation sites excluding steroid dienone is 1. The summed E-state index contributed by atoms with van der Waals surface area (Å²) in [5, 5.41) is 0. The van der Waals surface area contributed by atoms with Crippen LogP contribution in [0.3, 0.4) is 0 Å². The maximum absolute atomic E-state index is 11.0. The van der Waals surface area contributed by atoms with Gasteiger partial charge in [-0.1, -0.05) is 64.0 Å². The molecule has 0 saturated heterocycles. The van der Waals surface area contributed by atoms with Crippen LogP contribution in [-0.2, 0) is 14.3 Å². The van der Waals surface area contributed by atoms with E-state index in [2.05, 4.69) is 23.8 Å². The van der Waals surface area contributed by atoms with Gasteiger partial charge >= 0.3 is 5.97 Å². The maximum Gasteiger partial charge on any atom is 0.305 e. The molecule has 0 N–H and O–H groups in total. The summed E-state index contributed by atoms with van der Waals surface area (Å²) in [6.07, 6.45) is 19.9. The third-order valence-corrected chi connectivity index (χ3v) is 4.26. The Morgan fingerprint density at radius 1 is 0.913 bits per heavy atom. The van der Waals surface area contributed by atoms with Gasteiger partial charge in [-0.3, -0.25) is 4.79 Å². The number of carbonyl (C=O) groups is 1. The van der Waals surface area contributed by atoms with Crippen molar-refractivity contribution < 1.29 is 14.3 Å². The second-order valence-electron chi connectivity index (χ2n) is 6.30. The van der Waals surface area contributed by atoms with E-state index in [1.807, 2.05) is 7.11 Å². The number of ether oxygens (including phenoxy) is 2.